The van der Waals surface area contributed by atoms with Gasteiger partial charge in [0.2, 0.25) is 5.91 Å². The molecule has 0 saturated heterocycles. The van der Waals surface area contributed by atoms with Crippen LogP contribution >= 0.6 is 0 Å². The summed E-state index contributed by atoms with van der Waals surface area (Å²) in [5, 5.41) is 0. The molecule has 0 atom stereocenters. The maximum absolute atomic E-state index is 15.4. The molecule has 1 aromatic carbocycles. The molecule has 210 valence electrons. The third-order valence-electron chi connectivity index (χ3n) is 7.83. The molecule has 3 heterocycles. The fraction of sp³-hybridized carbons (Fsp3) is 0.400. The molecule has 2 amide bonds. The second kappa shape index (κ2) is 10.4. The van der Waals surface area contributed by atoms with Crippen LogP contribution in [-0.2, 0) is 30.7 Å². The molecule has 2 aliphatic rings. The largest absolute Gasteiger partial charge is 0.486 e. The zero-order valence-corrected chi connectivity index (χ0v) is 23.5. The minimum atomic E-state index is -0.351. The number of benzene rings is 1. The highest BCUT2D eigenvalue weighted by Crippen LogP contribution is 2.41. The summed E-state index contributed by atoms with van der Waals surface area (Å²) in [5.74, 6) is -0.283. The molecule has 0 fully saturated rings. The molecule has 5 rings (SSSR count). The number of nitrogen functional groups attached to an aromatic ring is 1. The van der Waals surface area contributed by atoms with Gasteiger partial charge in [-0.15, -0.1) is 0 Å². The highest BCUT2D eigenvalue weighted by Gasteiger charge is 2.40. The lowest BCUT2D eigenvalue weighted by molar-refractivity contribution is -0.125. The molecule has 3 aromatic rings. The van der Waals surface area contributed by atoms with Crippen LogP contribution in [0.2, 0.25) is 0 Å². The number of hydrogen-bond donors (Lipinski definition) is 1. The molecular formula is C30H35FN6O3. The molecule has 2 N–H and O–H groups in total. The second-order valence-corrected chi connectivity index (χ2v) is 11.4. The van der Waals surface area contributed by atoms with Gasteiger partial charge in [-0.1, -0.05) is 32.6 Å². The fourth-order valence-electron chi connectivity index (χ4n) is 5.65. The Morgan fingerprint density at radius 1 is 1.27 bits per heavy atom. The van der Waals surface area contributed by atoms with Crippen molar-refractivity contribution in [3.8, 4) is 17.0 Å². The van der Waals surface area contributed by atoms with Gasteiger partial charge >= 0.3 is 0 Å². The molecule has 10 heteroatoms. The summed E-state index contributed by atoms with van der Waals surface area (Å²) in [4.78, 5) is 36.8. The molecule has 0 spiro atoms. The van der Waals surface area contributed by atoms with Crippen molar-refractivity contribution in [3.05, 3.63) is 71.1 Å². The van der Waals surface area contributed by atoms with Gasteiger partial charge in [-0.25, -0.2) is 14.4 Å². The molecule has 2 aromatic heterocycles. The molecule has 0 saturated carbocycles. The number of amides is 2. The third-order valence-corrected chi connectivity index (χ3v) is 7.83. The molecule has 1 aliphatic heterocycles. The van der Waals surface area contributed by atoms with E-state index in [9.17, 15) is 9.59 Å². The van der Waals surface area contributed by atoms with E-state index in [0.29, 0.717) is 49.6 Å². The number of rotatable bonds is 8. The Bertz CT molecular complexity index is 1510. The molecule has 0 unspecified atom stereocenters. The summed E-state index contributed by atoms with van der Waals surface area (Å²) in [6, 6.07) is 5.81. The number of aryl methyl sites for hydroxylation is 1. The van der Waals surface area contributed by atoms with Crippen LogP contribution in [0.3, 0.4) is 0 Å². The normalized spacial score (nSPS) is 15.5. The number of carbonyl (C=O) groups is 2. The summed E-state index contributed by atoms with van der Waals surface area (Å²) < 4.78 is 23.2. The van der Waals surface area contributed by atoms with E-state index in [1.807, 2.05) is 29.7 Å². The van der Waals surface area contributed by atoms with Crippen molar-refractivity contribution >= 4 is 17.6 Å². The number of hydrogen-bond acceptors (Lipinski definition) is 6. The zero-order chi connectivity index (χ0) is 28.8. The van der Waals surface area contributed by atoms with Crippen molar-refractivity contribution in [2.75, 3.05) is 32.5 Å². The Hall–Kier alpha value is -4.21. The first-order valence-electron chi connectivity index (χ1n) is 13.4. The summed E-state index contributed by atoms with van der Waals surface area (Å²) >= 11 is 0. The number of carbonyl (C=O) groups excluding carboxylic acids is 2. The summed E-state index contributed by atoms with van der Waals surface area (Å²) in [6.07, 6.45) is 4.07. The van der Waals surface area contributed by atoms with E-state index in [-0.39, 0.29) is 41.2 Å². The lowest BCUT2D eigenvalue weighted by atomic mass is 9.90. The molecular weight excluding hydrogens is 511 g/mol. The number of aromatic nitrogens is 3. The van der Waals surface area contributed by atoms with E-state index in [4.69, 9.17) is 10.5 Å². The predicted octanol–water partition coefficient (Wildman–Crippen LogP) is 3.78. The van der Waals surface area contributed by atoms with Crippen molar-refractivity contribution in [1.82, 2.24) is 24.3 Å². The van der Waals surface area contributed by atoms with Gasteiger partial charge < -0.3 is 24.8 Å². The van der Waals surface area contributed by atoms with Crippen molar-refractivity contribution in [2.45, 2.75) is 46.7 Å². The van der Waals surface area contributed by atoms with Crippen molar-refractivity contribution in [3.63, 3.8) is 0 Å². The third kappa shape index (κ3) is 4.94. The number of nitrogens with zero attached hydrogens (tertiary/aromatic N) is 5. The smallest absolute Gasteiger partial charge is 0.273 e. The average molecular weight is 547 g/mol. The summed E-state index contributed by atoms with van der Waals surface area (Å²) in [7, 11) is 1.66. The monoisotopic (exact) mass is 546 g/mol. The van der Waals surface area contributed by atoms with E-state index in [1.165, 1.54) is 17.3 Å². The van der Waals surface area contributed by atoms with Gasteiger partial charge in [-0.05, 0) is 48.4 Å². The van der Waals surface area contributed by atoms with Gasteiger partial charge in [-0.2, -0.15) is 0 Å². The lowest BCUT2D eigenvalue weighted by Gasteiger charge is -2.30. The maximum atomic E-state index is 15.4. The first-order chi connectivity index (χ1) is 19.0. The van der Waals surface area contributed by atoms with E-state index in [0.717, 1.165) is 28.8 Å². The number of fused-ring (bicyclic) bond motifs is 3. The first-order valence-corrected chi connectivity index (χ1v) is 13.4. The number of halogens is 1. The molecule has 0 bridgehead atoms. The van der Waals surface area contributed by atoms with E-state index in [2.05, 4.69) is 30.4 Å². The minimum absolute atomic E-state index is 0.0206. The van der Waals surface area contributed by atoms with Crippen molar-refractivity contribution < 1.29 is 18.7 Å². The number of likely N-dealkylation sites (N-methyl/N-ethyl adjacent to an activating group) is 1. The van der Waals surface area contributed by atoms with Gasteiger partial charge in [0.15, 0.2) is 17.4 Å². The lowest BCUT2D eigenvalue weighted by Crippen LogP contribution is -2.40. The van der Waals surface area contributed by atoms with E-state index in [1.54, 1.807) is 11.9 Å². The van der Waals surface area contributed by atoms with Gasteiger partial charge in [0, 0.05) is 43.5 Å². The number of nitrogens with two attached hydrogens (primary N) is 1. The number of anilines is 1. The molecule has 0 radical (unpaired) electrons. The zero-order valence-electron chi connectivity index (χ0n) is 23.5. The molecule has 9 nitrogen and oxygen atoms in total. The highest BCUT2D eigenvalue weighted by molar-refractivity contribution is 5.94. The predicted molar refractivity (Wildman–Crippen MR) is 150 cm³/mol. The van der Waals surface area contributed by atoms with Crippen LogP contribution in [0.5, 0.6) is 5.75 Å². The van der Waals surface area contributed by atoms with Crippen LogP contribution in [-0.4, -0.2) is 62.9 Å². The standard InChI is InChI=1S/C30H35FN6O3/c1-6-23(38)35(5)11-12-40-27-25(33-17-34-28(27)32)19-7-8-20(18(2)13-19)16-36-9-10-37-22-15-30(3,4)14-21(22)24(31)26(37)29(36)39/h6-8,13,17H,1,9-12,14-16H2,2-5H3,(H2,32,33,34). The fourth-order valence-corrected chi connectivity index (χ4v) is 5.65. The molecule has 40 heavy (non-hydrogen) atoms. The van der Waals surface area contributed by atoms with Crippen molar-refractivity contribution in [1.29, 1.82) is 0 Å². The Morgan fingerprint density at radius 3 is 2.77 bits per heavy atom. The Kier molecular flexibility index (Phi) is 7.12. The Balaban J connectivity index is 1.33. The van der Waals surface area contributed by atoms with E-state index >= 15 is 4.39 Å². The van der Waals surface area contributed by atoms with Crippen LogP contribution in [0, 0.1) is 18.2 Å². The van der Waals surface area contributed by atoms with Gasteiger partial charge in [-0.3, -0.25) is 9.59 Å². The summed E-state index contributed by atoms with van der Waals surface area (Å²) in [6.45, 7) is 11.8. The topological polar surface area (TPSA) is 107 Å². The molecule has 1 aliphatic carbocycles. The Morgan fingerprint density at radius 2 is 2.05 bits per heavy atom. The second-order valence-electron chi connectivity index (χ2n) is 11.4. The van der Waals surface area contributed by atoms with Crippen LogP contribution in [0.1, 0.15) is 46.7 Å². The maximum Gasteiger partial charge on any atom is 0.273 e. The number of ether oxygens (including phenoxy) is 1. The minimum Gasteiger partial charge on any atom is -0.486 e. The van der Waals surface area contributed by atoms with Crippen LogP contribution in [0.4, 0.5) is 10.2 Å². The first kappa shape index (κ1) is 27.4. The average Bonchev–Trinajstić information content (AvgIpc) is 3.37. The summed E-state index contributed by atoms with van der Waals surface area (Å²) in [5.41, 5.74) is 11.2. The van der Waals surface area contributed by atoms with Crippen molar-refractivity contribution in [2.24, 2.45) is 5.41 Å². The van der Waals surface area contributed by atoms with Gasteiger partial charge in [0.1, 0.15) is 24.3 Å². The van der Waals surface area contributed by atoms with Gasteiger partial charge in [0.25, 0.3) is 5.91 Å². The van der Waals surface area contributed by atoms with Crippen LogP contribution in [0.25, 0.3) is 11.3 Å². The Labute approximate surface area is 233 Å². The van der Waals surface area contributed by atoms with Crippen LogP contribution in [0.15, 0.2) is 37.2 Å². The SMILES string of the molecule is C=CC(=O)N(C)CCOc1c(N)ncnc1-c1ccc(CN2CCn3c4c(c(F)c3C2=O)CC(C)(C)C4)c(C)c1. The van der Waals surface area contributed by atoms with Gasteiger partial charge in [0.05, 0.1) is 6.54 Å². The van der Waals surface area contributed by atoms with Crippen LogP contribution < -0.4 is 10.5 Å². The van der Waals surface area contributed by atoms with E-state index < -0.39 is 0 Å². The highest BCUT2D eigenvalue weighted by atomic mass is 19.1. The quantitative estimate of drug-likeness (QED) is 0.431.